The van der Waals surface area contributed by atoms with E-state index in [9.17, 15) is 19.8 Å². The summed E-state index contributed by atoms with van der Waals surface area (Å²) in [5, 5.41) is 22.0. The summed E-state index contributed by atoms with van der Waals surface area (Å²) in [5.41, 5.74) is 1.91. The highest BCUT2D eigenvalue weighted by molar-refractivity contribution is 6.01. The van der Waals surface area contributed by atoms with Crippen molar-refractivity contribution in [2.75, 3.05) is 6.61 Å². The number of hydrogen-bond acceptors (Lipinski definition) is 6. The molecule has 6 heteroatoms. The lowest BCUT2D eigenvalue weighted by molar-refractivity contribution is -0.201. The molecule has 1 saturated heterocycles. The second-order valence-corrected chi connectivity index (χ2v) is 13.2. The lowest BCUT2D eigenvalue weighted by atomic mass is 9.46. The van der Waals surface area contributed by atoms with Gasteiger partial charge in [-0.1, -0.05) is 80.1 Å². The van der Waals surface area contributed by atoms with Crippen molar-refractivity contribution in [1.82, 2.24) is 0 Å². The fraction of sp³-hybridized carbons (Fsp3) is 0.486. The first-order valence-corrected chi connectivity index (χ1v) is 14.9. The summed E-state index contributed by atoms with van der Waals surface area (Å²) in [7, 11) is 0. The smallest absolute Gasteiger partial charge is 0.193 e. The summed E-state index contributed by atoms with van der Waals surface area (Å²) in [4.78, 5) is 25.9. The lowest BCUT2D eigenvalue weighted by Gasteiger charge is -2.59. The first kappa shape index (κ1) is 27.0. The molecule has 2 aromatic carbocycles. The first-order valence-electron chi connectivity index (χ1n) is 14.9. The number of hydrogen-bond donors (Lipinski definition) is 2. The van der Waals surface area contributed by atoms with E-state index in [1.807, 2.05) is 36.4 Å². The van der Waals surface area contributed by atoms with E-state index in [1.165, 1.54) is 11.1 Å². The average Bonchev–Trinajstić information content (AvgIpc) is 3.47. The van der Waals surface area contributed by atoms with E-state index in [0.29, 0.717) is 12.8 Å². The third-order valence-electron chi connectivity index (χ3n) is 11.3. The standard InChI is InChI=1S/C35H38O6/c1-33-15-14-25(37)17-24(33)12-13-26-27-18-30-35(29(39)20-36,34(27,2)19-28(38)31(26)33)41-32(40-30)23-10-8-22(9-11-23)16-21-6-4-3-5-7-21/h3-11,14-15,17,26-28,30-32,36,38H,12-13,16,18-20H2,1-2H3/t26-,27-,28-,30+,31+,32+,33-,34-,35+/m0/s1. The first-order chi connectivity index (χ1) is 19.7. The van der Waals surface area contributed by atoms with Crippen LogP contribution in [0.1, 0.15) is 62.5 Å². The molecule has 0 aromatic heterocycles. The van der Waals surface area contributed by atoms with Gasteiger partial charge in [0.15, 0.2) is 23.5 Å². The van der Waals surface area contributed by atoms with Gasteiger partial charge in [0.1, 0.15) is 6.61 Å². The average molecular weight is 555 g/mol. The van der Waals surface area contributed by atoms with E-state index in [0.717, 1.165) is 30.4 Å². The molecule has 5 aliphatic rings. The molecule has 2 N–H and O–H groups in total. The highest BCUT2D eigenvalue weighted by Gasteiger charge is 2.75. The van der Waals surface area contributed by atoms with Gasteiger partial charge in [0, 0.05) is 22.3 Å². The van der Waals surface area contributed by atoms with E-state index in [1.54, 1.807) is 12.2 Å². The van der Waals surface area contributed by atoms with Gasteiger partial charge < -0.3 is 19.7 Å². The van der Waals surface area contributed by atoms with Gasteiger partial charge in [-0.15, -0.1) is 0 Å². The van der Waals surface area contributed by atoms with Gasteiger partial charge in [-0.3, -0.25) is 9.59 Å². The Morgan fingerprint density at radius 3 is 2.51 bits per heavy atom. The number of carbonyl (C=O) groups is 2. The second kappa shape index (κ2) is 9.56. The number of Topliss-reactive ketones (excluding diaryl/α,β-unsaturated/α-hetero) is 1. The summed E-state index contributed by atoms with van der Waals surface area (Å²) in [5.74, 6) is -0.198. The zero-order chi connectivity index (χ0) is 28.6. The maximum absolute atomic E-state index is 13.7. The highest BCUT2D eigenvalue weighted by Crippen LogP contribution is 2.70. The number of rotatable bonds is 5. The molecule has 4 aliphatic carbocycles. The van der Waals surface area contributed by atoms with Crippen LogP contribution < -0.4 is 0 Å². The number of carbonyl (C=O) groups excluding carboxylic acids is 2. The molecule has 7 rings (SSSR count). The van der Waals surface area contributed by atoms with Crippen molar-refractivity contribution in [2.24, 2.45) is 28.6 Å². The Morgan fingerprint density at radius 1 is 1.05 bits per heavy atom. The zero-order valence-electron chi connectivity index (χ0n) is 23.7. The highest BCUT2D eigenvalue weighted by atomic mass is 16.7. The van der Waals surface area contributed by atoms with Crippen molar-refractivity contribution in [2.45, 2.75) is 70.1 Å². The number of aliphatic hydroxyl groups is 2. The lowest BCUT2D eigenvalue weighted by Crippen LogP contribution is -2.63. The second-order valence-electron chi connectivity index (χ2n) is 13.2. The molecule has 4 fully saturated rings. The maximum atomic E-state index is 13.7. The molecule has 214 valence electrons. The number of fused-ring (bicyclic) bond motifs is 7. The zero-order valence-corrected chi connectivity index (χ0v) is 23.7. The molecule has 0 spiro atoms. The molecule has 0 radical (unpaired) electrons. The van der Waals surface area contributed by atoms with Crippen molar-refractivity contribution in [3.05, 3.63) is 95.1 Å². The van der Waals surface area contributed by atoms with Gasteiger partial charge in [0.05, 0.1) is 12.2 Å². The minimum absolute atomic E-state index is 0.00916. The van der Waals surface area contributed by atoms with Gasteiger partial charge in [-0.25, -0.2) is 0 Å². The molecule has 41 heavy (non-hydrogen) atoms. The molecule has 2 aromatic rings. The van der Waals surface area contributed by atoms with Crippen LogP contribution in [-0.4, -0.2) is 46.2 Å². The van der Waals surface area contributed by atoms with Crippen LogP contribution in [0.5, 0.6) is 0 Å². The summed E-state index contributed by atoms with van der Waals surface area (Å²) >= 11 is 0. The predicted molar refractivity (Wildman–Crippen MR) is 153 cm³/mol. The van der Waals surface area contributed by atoms with Crippen molar-refractivity contribution >= 4 is 11.6 Å². The number of allylic oxidation sites excluding steroid dienone is 4. The summed E-state index contributed by atoms with van der Waals surface area (Å²) in [6.07, 6.45) is 6.91. The van der Waals surface area contributed by atoms with E-state index in [-0.39, 0.29) is 29.3 Å². The Bertz CT molecular complexity index is 1430. The molecule has 6 nitrogen and oxygen atoms in total. The van der Waals surface area contributed by atoms with Crippen LogP contribution in [0.25, 0.3) is 0 Å². The van der Waals surface area contributed by atoms with E-state index in [2.05, 4.69) is 38.1 Å². The van der Waals surface area contributed by atoms with Crippen LogP contribution in [0.2, 0.25) is 0 Å². The molecule has 0 bridgehead atoms. The van der Waals surface area contributed by atoms with Crippen LogP contribution in [-0.2, 0) is 25.5 Å². The third-order valence-corrected chi connectivity index (χ3v) is 11.3. The van der Waals surface area contributed by atoms with Gasteiger partial charge in [0.25, 0.3) is 0 Å². The van der Waals surface area contributed by atoms with Gasteiger partial charge in [-0.2, -0.15) is 0 Å². The Balaban J connectivity index is 1.19. The molecule has 0 unspecified atom stereocenters. The molecular formula is C35H38O6. The summed E-state index contributed by atoms with van der Waals surface area (Å²) in [6.45, 7) is 3.57. The van der Waals surface area contributed by atoms with Gasteiger partial charge >= 0.3 is 0 Å². The monoisotopic (exact) mass is 554 g/mol. The Labute approximate surface area is 241 Å². The maximum Gasteiger partial charge on any atom is 0.193 e. The number of benzene rings is 2. The number of aliphatic hydroxyl groups excluding tert-OH is 2. The molecule has 3 saturated carbocycles. The minimum atomic E-state index is -1.33. The fourth-order valence-electron chi connectivity index (χ4n) is 9.46. The predicted octanol–water partition coefficient (Wildman–Crippen LogP) is 4.88. The van der Waals surface area contributed by atoms with E-state index >= 15 is 0 Å². The summed E-state index contributed by atoms with van der Waals surface area (Å²) < 4.78 is 13.3. The normalized spacial score (nSPS) is 40.8. The Hall–Kier alpha value is -2.90. The largest absolute Gasteiger partial charge is 0.393 e. The quantitative estimate of drug-likeness (QED) is 0.547. The Kier molecular flexibility index (Phi) is 6.29. The van der Waals surface area contributed by atoms with Crippen LogP contribution in [0.4, 0.5) is 0 Å². The molecule has 0 amide bonds. The summed E-state index contributed by atoms with van der Waals surface area (Å²) in [6, 6.07) is 18.4. The Morgan fingerprint density at radius 2 is 1.78 bits per heavy atom. The van der Waals surface area contributed by atoms with Crippen LogP contribution in [0.15, 0.2) is 78.4 Å². The number of ketones is 2. The SMILES string of the molecule is C[C@]12C=CC(=O)C=C1CC[C@@H]1[C@@H]2[C@@H](O)C[C@@]2(C)[C@H]1C[C@H]1O[C@@H](c3ccc(Cc4ccccc4)cc3)O[C@]12C(=O)CO. The van der Waals surface area contributed by atoms with Crippen molar-refractivity contribution < 1.29 is 29.3 Å². The van der Waals surface area contributed by atoms with Gasteiger partial charge in [-0.05, 0) is 67.2 Å². The van der Waals surface area contributed by atoms with Crippen molar-refractivity contribution in [3.63, 3.8) is 0 Å². The van der Waals surface area contributed by atoms with E-state index < -0.39 is 41.5 Å². The minimum Gasteiger partial charge on any atom is -0.393 e. The van der Waals surface area contributed by atoms with Crippen molar-refractivity contribution in [3.8, 4) is 0 Å². The molecule has 1 heterocycles. The van der Waals surface area contributed by atoms with E-state index in [4.69, 9.17) is 9.47 Å². The third kappa shape index (κ3) is 3.84. The van der Waals surface area contributed by atoms with Crippen LogP contribution >= 0.6 is 0 Å². The molecule has 1 aliphatic heterocycles. The topological polar surface area (TPSA) is 93.1 Å². The molecular weight excluding hydrogens is 516 g/mol. The number of ether oxygens (including phenoxy) is 2. The fourth-order valence-corrected chi connectivity index (χ4v) is 9.46. The molecule has 9 atom stereocenters. The van der Waals surface area contributed by atoms with Crippen LogP contribution in [0.3, 0.4) is 0 Å². The van der Waals surface area contributed by atoms with Crippen LogP contribution in [0, 0.1) is 28.6 Å². The van der Waals surface area contributed by atoms with Crippen molar-refractivity contribution in [1.29, 1.82) is 0 Å². The van der Waals surface area contributed by atoms with Gasteiger partial charge in [0.2, 0.25) is 0 Å².